The summed E-state index contributed by atoms with van der Waals surface area (Å²) in [7, 11) is 0. The van der Waals surface area contributed by atoms with Crippen LogP contribution >= 0.6 is 0 Å². The lowest BCUT2D eigenvalue weighted by Gasteiger charge is -2.16. The minimum atomic E-state index is 0.0296. The fraction of sp³-hybridized carbons (Fsp3) is 0.304. The number of carbonyl (C=O) groups excluding carboxylic acids is 1. The summed E-state index contributed by atoms with van der Waals surface area (Å²) in [5.74, 6) is 2.14. The Hall–Kier alpha value is -3.08. The van der Waals surface area contributed by atoms with Crippen molar-refractivity contribution in [2.75, 3.05) is 12.3 Å². The van der Waals surface area contributed by atoms with Gasteiger partial charge in [-0.05, 0) is 62.2 Å². The fourth-order valence-corrected chi connectivity index (χ4v) is 3.01. The van der Waals surface area contributed by atoms with Gasteiger partial charge in [0.1, 0.15) is 22.8 Å². The first-order valence-electron chi connectivity index (χ1n) is 9.64. The number of nitrogens with zero attached hydrogens (tertiary/aromatic N) is 1. The molecule has 2 aromatic carbocycles. The Labute approximate surface area is 165 Å². The highest BCUT2D eigenvalue weighted by Gasteiger charge is 2.09. The van der Waals surface area contributed by atoms with Crippen LogP contribution < -0.4 is 15.2 Å². The number of fused-ring (bicyclic) bond motifs is 1. The highest BCUT2D eigenvalue weighted by Crippen LogP contribution is 2.26. The van der Waals surface area contributed by atoms with Crippen molar-refractivity contribution in [1.82, 2.24) is 4.98 Å². The molecule has 0 radical (unpaired) electrons. The summed E-state index contributed by atoms with van der Waals surface area (Å²) < 4.78 is 11.8. The van der Waals surface area contributed by atoms with E-state index < -0.39 is 0 Å². The Balaban J connectivity index is 1.48. The number of rotatable bonds is 9. The maximum absolute atomic E-state index is 11.6. The maximum Gasteiger partial charge on any atom is 0.162 e. The zero-order chi connectivity index (χ0) is 19.9. The van der Waals surface area contributed by atoms with Crippen molar-refractivity contribution in [1.29, 1.82) is 0 Å². The standard InChI is InChI=1S/C23H26N2O3/c1-3-20(26)17-9-12-19(13-10-17)27-15-5-6-16(2)28-21-8-4-7-18-11-14-22(24)25-23(18)21/h4,7-14,16H,3,5-6,15H2,1-2H3,(H2,24,25). The number of para-hydroxylation sites is 1. The first-order valence-corrected chi connectivity index (χ1v) is 9.64. The van der Waals surface area contributed by atoms with Gasteiger partial charge in [0.2, 0.25) is 0 Å². The van der Waals surface area contributed by atoms with E-state index in [1.807, 2.05) is 62.4 Å². The van der Waals surface area contributed by atoms with Crippen molar-refractivity contribution in [2.45, 2.75) is 39.2 Å². The highest BCUT2D eigenvalue weighted by molar-refractivity contribution is 5.95. The van der Waals surface area contributed by atoms with Gasteiger partial charge in [-0.25, -0.2) is 4.98 Å². The van der Waals surface area contributed by atoms with Gasteiger partial charge in [-0.3, -0.25) is 4.79 Å². The average Bonchev–Trinajstić information content (AvgIpc) is 2.71. The van der Waals surface area contributed by atoms with E-state index in [0.29, 0.717) is 18.8 Å². The Kier molecular flexibility index (Phi) is 6.48. The predicted octanol–water partition coefficient (Wildman–Crippen LogP) is 5.04. The lowest BCUT2D eigenvalue weighted by atomic mass is 10.1. The van der Waals surface area contributed by atoms with Crippen LogP contribution in [0.3, 0.4) is 0 Å². The molecule has 3 aromatic rings. The highest BCUT2D eigenvalue weighted by atomic mass is 16.5. The molecule has 1 heterocycles. The van der Waals surface area contributed by atoms with E-state index in [4.69, 9.17) is 15.2 Å². The quantitative estimate of drug-likeness (QED) is 0.417. The minimum Gasteiger partial charge on any atom is -0.494 e. The van der Waals surface area contributed by atoms with Crippen LogP contribution in [-0.4, -0.2) is 23.5 Å². The number of ketones is 1. The number of benzene rings is 2. The molecular weight excluding hydrogens is 352 g/mol. The SMILES string of the molecule is CCC(=O)c1ccc(OCCCC(C)Oc2cccc3ccc(N)nc23)cc1. The molecule has 0 aliphatic carbocycles. The molecule has 2 N–H and O–H groups in total. The number of carbonyl (C=O) groups is 1. The van der Waals surface area contributed by atoms with Crippen LogP contribution in [0, 0.1) is 0 Å². The summed E-state index contributed by atoms with van der Waals surface area (Å²) in [5, 5.41) is 1.01. The molecular formula is C23H26N2O3. The lowest BCUT2D eigenvalue weighted by Crippen LogP contribution is -2.13. The summed E-state index contributed by atoms with van der Waals surface area (Å²) in [6.45, 7) is 4.49. The summed E-state index contributed by atoms with van der Waals surface area (Å²) in [5.41, 5.74) is 7.32. The van der Waals surface area contributed by atoms with E-state index in [0.717, 1.165) is 40.8 Å². The summed E-state index contributed by atoms with van der Waals surface area (Å²) in [6.07, 6.45) is 2.25. The number of ether oxygens (including phenoxy) is 2. The normalized spacial score (nSPS) is 11.9. The van der Waals surface area contributed by atoms with Gasteiger partial charge in [-0.15, -0.1) is 0 Å². The summed E-state index contributed by atoms with van der Waals surface area (Å²) >= 11 is 0. The zero-order valence-electron chi connectivity index (χ0n) is 16.4. The van der Waals surface area contributed by atoms with Crippen molar-refractivity contribution < 1.29 is 14.3 Å². The van der Waals surface area contributed by atoms with E-state index >= 15 is 0 Å². The number of anilines is 1. The number of hydrogen-bond donors (Lipinski definition) is 1. The van der Waals surface area contributed by atoms with Gasteiger partial charge in [-0.1, -0.05) is 19.1 Å². The van der Waals surface area contributed by atoms with E-state index in [1.54, 1.807) is 6.07 Å². The summed E-state index contributed by atoms with van der Waals surface area (Å²) in [4.78, 5) is 16.0. The summed E-state index contributed by atoms with van der Waals surface area (Å²) in [6, 6.07) is 16.9. The minimum absolute atomic E-state index is 0.0296. The molecule has 0 fully saturated rings. The molecule has 3 rings (SSSR count). The van der Waals surface area contributed by atoms with Gasteiger partial charge in [0.25, 0.3) is 0 Å². The van der Waals surface area contributed by atoms with Crippen molar-refractivity contribution in [2.24, 2.45) is 0 Å². The Morgan fingerprint density at radius 1 is 1.11 bits per heavy atom. The van der Waals surface area contributed by atoms with Crippen molar-refractivity contribution in [3.63, 3.8) is 0 Å². The van der Waals surface area contributed by atoms with Crippen LogP contribution in [0.4, 0.5) is 5.82 Å². The van der Waals surface area contributed by atoms with Gasteiger partial charge in [-0.2, -0.15) is 0 Å². The third-order valence-corrected chi connectivity index (χ3v) is 4.55. The Morgan fingerprint density at radius 3 is 2.64 bits per heavy atom. The van der Waals surface area contributed by atoms with Crippen LogP contribution in [0.2, 0.25) is 0 Å². The zero-order valence-corrected chi connectivity index (χ0v) is 16.4. The van der Waals surface area contributed by atoms with Crippen LogP contribution in [0.25, 0.3) is 10.9 Å². The second-order valence-electron chi connectivity index (χ2n) is 6.78. The van der Waals surface area contributed by atoms with Crippen molar-refractivity contribution >= 4 is 22.5 Å². The molecule has 0 aliphatic heterocycles. The van der Waals surface area contributed by atoms with Gasteiger partial charge in [0, 0.05) is 17.4 Å². The number of pyridine rings is 1. The van der Waals surface area contributed by atoms with E-state index in [9.17, 15) is 4.79 Å². The van der Waals surface area contributed by atoms with Crippen LogP contribution in [0.1, 0.15) is 43.5 Å². The molecule has 5 heteroatoms. The van der Waals surface area contributed by atoms with Gasteiger partial charge in [0.15, 0.2) is 5.78 Å². The Morgan fingerprint density at radius 2 is 1.89 bits per heavy atom. The fourth-order valence-electron chi connectivity index (χ4n) is 3.01. The molecule has 0 saturated carbocycles. The van der Waals surface area contributed by atoms with Crippen molar-refractivity contribution in [3.8, 4) is 11.5 Å². The predicted molar refractivity (Wildman–Crippen MR) is 112 cm³/mol. The second-order valence-corrected chi connectivity index (χ2v) is 6.78. The lowest BCUT2D eigenvalue weighted by molar-refractivity contribution is 0.0988. The average molecular weight is 378 g/mol. The first-order chi connectivity index (χ1) is 13.6. The van der Waals surface area contributed by atoms with Crippen LogP contribution in [0.15, 0.2) is 54.6 Å². The third-order valence-electron chi connectivity index (χ3n) is 4.55. The number of hydrogen-bond acceptors (Lipinski definition) is 5. The van der Waals surface area contributed by atoms with Crippen LogP contribution in [0.5, 0.6) is 11.5 Å². The van der Waals surface area contributed by atoms with Gasteiger partial charge >= 0.3 is 0 Å². The molecule has 1 atom stereocenters. The Bertz CT molecular complexity index is 938. The molecule has 146 valence electrons. The number of nitrogen functional groups attached to an aromatic ring is 1. The molecule has 0 aliphatic rings. The maximum atomic E-state index is 11.6. The monoisotopic (exact) mass is 378 g/mol. The number of Topliss-reactive ketones (excluding diaryl/α,β-unsaturated/α-hetero) is 1. The number of aromatic nitrogens is 1. The number of nitrogens with two attached hydrogens (primary N) is 1. The molecule has 0 saturated heterocycles. The van der Waals surface area contributed by atoms with Gasteiger partial charge < -0.3 is 15.2 Å². The van der Waals surface area contributed by atoms with E-state index in [-0.39, 0.29) is 11.9 Å². The van der Waals surface area contributed by atoms with E-state index in [1.165, 1.54) is 0 Å². The largest absolute Gasteiger partial charge is 0.494 e. The third kappa shape index (κ3) is 5.00. The molecule has 0 spiro atoms. The topological polar surface area (TPSA) is 74.4 Å². The smallest absolute Gasteiger partial charge is 0.162 e. The van der Waals surface area contributed by atoms with Crippen molar-refractivity contribution in [3.05, 3.63) is 60.2 Å². The van der Waals surface area contributed by atoms with E-state index in [2.05, 4.69) is 4.98 Å². The molecule has 5 nitrogen and oxygen atoms in total. The molecule has 28 heavy (non-hydrogen) atoms. The molecule has 1 aromatic heterocycles. The van der Waals surface area contributed by atoms with Gasteiger partial charge in [0.05, 0.1) is 12.7 Å². The second kappa shape index (κ2) is 9.22. The first kappa shape index (κ1) is 19.7. The molecule has 0 bridgehead atoms. The molecule has 0 amide bonds. The van der Waals surface area contributed by atoms with Crippen LogP contribution in [-0.2, 0) is 0 Å². The molecule has 1 unspecified atom stereocenters.